The van der Waals surface area contributed by atoms with E-state index >= 15 is 0 Å². The summed E-state index contributed by atoms with van der Waals surface area (Å²) >= 11 is 0. The highest BCUT2D eigenvalue weighted by Crippen LogP contribution is 2.47. The first-order chi connectivity index (χ1) is 7.88. The molecule has 1 saturated carbocycles. The fourth-order valence-corrected chi connectivity index (χ4v) is 1.83. The fourth-order valence-electron chi connectivity index (χ4n) is 1.83. The van der Waals surface area contributed by atoms with Crippen LogP contribution in [0.4, 0.5) is 5.69 Å². The van der Waals surface area contributed by atoms with Crippen LogP contribution in [0.3, 0.4) is 0 Å². The Morgan fingerprint density at radius 3 is 2.44 bits per heavy atom. The van der Waals surface area contributed by atoms with Crippen LogP contribution in [0.5, 0.6) is 0 Å². The number of rotatable bonds is 2. The van der Waals surface area contributed by atoms with Crippen molar-refractivity contribution in [2.75, 3.05) is 5.32 Å². The Hall–Kier alpha value is -0.780. The number of nitrogens with one attached hydrogen (secondary N) is 1. The predicted molar refractivity (Wildman–Crippen MR) is 88.8 cm³/mol. The van der Waals surface area contributed by atoms with Crippen LogP contribution in [0.15, 0.2) is 23.2 Å². The van der Waals surface area contributed by atoms with E-state index in [9.17, 15) is 0 Å². The van der Waals surface area contributed by atoms with E-state index in [-0.39, 0.29) is 24.0 Å². The summed E-state index contributed by atoms with van der Waals surface area (Å²) in [5.74, 6) is 0.517. The molecule has 0 spiro atoms. The minimum Gasteiger partial charge on any atom is -0.370 e. The Morgan fingerprint density at radius 1 is 1.33 bits per heavy atom. The summed E-state index contributed by atoms with van der Waals surface area (Å²) in [7, 11) is 0. The molecule has 1 aliphatic carbocycles. The Labute approximate surface area is 126 Å². The second-order valence-corrected chi connectivity index (χ2v) is 5.65. The number of nitrogens with two attached hydrogens (primary N) is 1. The van der Waals surface area contributed by atoms with Crippen LogP contribution >= 0.6 is 24.0 Å². The Balaban J connectivity index is 0.00000162. The van der Waals surface area contributed by atoms with E-state index in [0.29, 0.717) is 17.4 Å². The molecular weight excluding hydrogens is 337 g/mol. The SMILES string of the molecule is Cc1ccc(NC(N)=NC2CC2(C)C)cc1C.I. The van der Waals surface area contributed by atoms with Crippen molar-refractivity contribution in [3.8, 4) is 0 Å². The van der Waals surface area contributed by atoms with E-state index in [1.807, 2.05) is 6.07 Å². The van der Waals surface area contributed by atoms with E-state index in [0.717, 1.165) is 12.1 Å². The van der Waals surface area contributed by atoms with Crippen LogP contribution in [-0.4, -0.2) is 12.0 Å². The van der Waals surface area contributed by atoms with Gasteiger partial charge < -0.3 is 11.1 Å². The van der Waals surface area contributed by atoms with E-state index < -0.39 is 0 Å². The van der Waals surface area contributed by atoms with E-state index in [1.165, 1.54) is 11.1 Å². The highest BCUT2D eigenvalue weighted by molar-refractivity contribution is 14.0. The van der Waals surface area contributed by atoms with Gasteiger partial charge in [-0.2, -0.15) is 0 Å². The fraction of sp³-hybridized carbons (Fsp3) is 0.500. The number of aryl methyl sites for hydroxylation is 2. The van der Waals surface area contributed by atoms with Gasteiger partial charge in [0, 0.05) is 5.69 Å². The smallest absolute Gasteiger partial charge is 0.193 e. The first-order valence-electron chi connectivity index (χ1n) is 6.06. The summed E-state index contributed by atoms with van der Waals surface area (Å²) in [6.07, 6.45) is 1.13. The molecule has 2 rings (SSSR count). The number of benzene rings is 1. The predicted octanol–water partition coefficient (Wildman–Crippen LogP) is 3.45. The maximum Gasteiger partial charge on any atom is 0.193 e. The summed E-state index contributed by atoms with van der Waals surface area (Å²) < 4.78 is 0. The topological polar surface area (TPSA) is 50.4 Å². The van der Waals surface area contributed by atoms with Crippen molar-refractivity contribution in [3.63, 3.8) is 0 Å². The Bertz CT molecular complexity index is 466. The summed E-state index contributed by atoms with van der Waals surface area (Å²) in [6.45, 7) is 8.62. The van der Waals surface area contributed by atoms with Gasteiger partial charge in [-0.25, -0.2) is 4.99 Å². The lowest BCUT2D eigenvalue weighted by Gasteiger charge is -2.08. The number of hydrogen-bond donors (Lipinski definition) is 2. The number of halogens is 1. The van der Waals surface area contributed by atoms with Gasteiger partial charge in [-0.05, 0) is 48.9 Å². The van der Waals surface area contributed by atoms with Crippen LogP contribution in [-0.2, 0) is 0 Å². The van der Waals surface area contributed by atoms with Crippen molar-refractivity contribution in [2.45, 2.75) is 40.2 Å². The zero-order valence-corrected chi connectivity index (χ0v) is 13.8. The van der Waals surface area contributed by atoms with Gasteiger partial charge in [0.25, 0.3) is 0 Å². The molecule has 0 aromatic heterocycles. The molecule has 1 aliphatic rings. The lowest BCUT2D eigenvalue weighted by molar-refractivity contribution is 0.618. The Morgan fingerprint density at radius 2 is 1.94 bits per heavy atom. The normalized spacial score (nSPS) is 21.1. The molecule has 0 bridgehead atoms. The van der Waals surface area contributed by atoms with Crippen molar-refractivity contribution in [2.24, 2.45) is 16.1 Å². The van der Waals surface area contributed by atoms with E-state index in [1.54, 1.807) is 0 Å². The molecule has 1 aromatic rings. The monoisotopic (exact) mass is 359 g/mol. The van der Waals surface area contributed by atoms with Crippen molar-refractivity contribution in [1.82, 2.24) is 0 Å². The standard InChI is InChI=1S/C14H21N3.HI/c1-9-5-6-11(7-10(9)2)16-13(15)17-12-8-14(12,3)4;/h5-7,12H,8H2,1-4H3,(H3,15,16,17);1H. The average molecular weight is 359 g/mol. The second-order valence-electron chi connectivity index (χ2n) is 5.65. The molecule has 1 aromatic carbocycles. The van der Waals surface area contributed by atoms with Gasteiger partial charge in [-0.15, -0.1) is 24.0 Å². The summed E-state index contributed by atoms with van der Waals surface area (Å²) in [5, 5.41) is 3.15. The number of anilines is 1. The van der Waals surface area contributed by atoms with Crippen molar-refractivity contribution in [1.29, 1.82) is 0 Å². The van der Waals surface area contributed by atoms with Crippen molar-refractivity contribution >= 4 is 35.6 Å². The number of hydrogen-bond acceptors (Lipinski definition) is 1. The van der Waals surface area contributed by atoms with E-state index in [2.05, 4.69) is 50.1 Å². The minimum atomic E-state index is 0. The summed E-state index contributed by atoms with van der Waals surface area (Å²) in [5.41, 5.74) is 9.78. The van der Waals surface area contributed by atoms with Crippen LogP contribution < -0.4 is 11.1 Å². The first-order valence-corrected chi connectivity index (χ1v) is 6.06. The van der Waals surface area contributed by atoms with Crippen LogP contribution in [0.25, 0.3) is 0 Å². The van der Waals surface area contributed by atoms with Crippen LogP contribution in [0.1, 0.15) is 31.4 Å². The van der Waals surface area contributed by atoms with Gasteiger partial charge in [0.1, 0.15) is 0 Å². The van der Waals surface area contributed by atoms with Gasteiger partial charge in [-0.3, -0.25) is 0 Å². The molecule has 18 heavy (non-hydrogen) atoms. The molecule has 1 unspecified atom stereocenters. The summed E-state index contributed by atoms with van der Waals surface area (Å²) in [4.78, 5) is 4.47. The molecule has 1 atom stereocenters. The lowest BCUT2D eigenvalue weighted by atomic mass is 10.1. The van der Waals surface area contributed by atoms with Gasteiger partial charge in [-0.1, -0.05) is 19.9 Å². The molecule has 0 saturated heterocycles. The van der Waals surface area contributed by atoms with Gasteiger partial charge in [0.2, 0.25) is 0 Å². The maximum absolute atomic E-state index is 5.89. The minimum absolute atomic E-state index is 0. The van der Waals surface area contributed by atoms with Gasteiger partial charge >= 0.3 is 0 Å². The third-order valence-corrected chi connectivity index (χ3v) is 3.54. The average Bonchev–Trinajstić information content (AvgIpc) is 2.79. The first kappa shape index (κ1) is 15.3. The Kier molecular flexibility index (Phi) is 4.64. The van der Waals surface area contributed by atoms with E-state index in [4.69, 9.17) is 5.73 Å². The van der Waals surface area contributed by atoms with Crippen molar-refractivity contribution < 1.29 is 0 Å². The quantitative estimate of drug-likeness (QED) is 0.483. The van der Waals surface area contributed by atoms with Crippen LogP contribution in [0, 0.1) is 19.3 Å². The molecule has 1 fully saturated rings. The number of aliphatic imine (C=N–C) groups is 1. The highest BCUT2D eigenvalue weighted by Gasteiger charge is 2.45. The van der Waals surface area contributed by atoms with Gasteiger partial charge in [0.15, 0.2) is 5.96 Å². The molecule has 100 valence electrons. The number of nitrogens with zero attached hydrogens (tertiary/aromatic N) is 1. The molecule has 0 aliphatic heterocycles. The lowest BCUT2D eigenvalue weighted by Crippen LogP contribution is -2.23. The molecule has 0 heterocycles. The third-order valence-electron chi connectivity index (χ3n) is 3.54. The second kappa shape index (κ2) is 5.47. The zero-order chi connectivity index (χ0) is 12.6. The largest absolute Gasteiger partial charge is 0.370 e. The van der Waals surface area contributed by atoms with Crippen LogP contribution in [0.2, 0.25) is 0 Å². The van der Waals surface area contributed by atoms with Crippen molar-refractivity contribution in [3.05, 3.63) is 29.3 Å². The molecule has 3 nitrogen and oxygen atoms in total. The van der Waals surface area contributed by atoms with Gasteiger partial charge in [0.05, 0.1) is 6.04 Å². The maximum atomic E-state index is 5.89. The zero-order valence-electron chi connectivity index (χ0n) is 11.4. The molecular formula is C14H22IN3. The highest BCUT2D eigenvalue weighted by atomic mass is 127. The number of guanidine groups is 1. The molecule has 0 amide bonds. The summed E-state index contributed by atoms with van der Waals surface area (Å²) in [6, 6.07) is 6.59. The molecule has 3 N–H and O–H groups in total. The molecule has 0 radical (unpaired) electrons. The molecule has 4 heteroatoms. The third kappa shape index (κ3) is 3.60.